The Bertz CT molecular complexity index is 886. The molecule has 7 heteroatoms. The van der Waals surface area contributed by atoms with Crippen LogP contribution in [-0.2, 0) is 16.0 Å². The normalized spacial score (nSPS) is 15.5. The summed E-state index contributed by atoms with van der Waals surface area (Å²) in [4.78, 5) is 35.8. The average Bonchev–Trinajstić information content (AvgIpc) is 2.67. The predicted octanol–water partition coefficient (Wildman–Crippen LogP) is 2.23. The summed E-state index contributed by atoms with van der Waals surface area (Å²) < 4.78 is 0. The monoisotopic (exact) mass is 409 g/mol. The van der Waals surface area contributed by atoms with E-state index in [9.17, 15) is 9.59 Å². The van der Waals surface area contributed by atoms with Crippen molar-refractivity contribution in [1.29, 1.82) is 0 Å². The molecule has 1 fully saturated rings. The van der Waals surface area contributed by atoms with E-state index in [0.717, 1.165) is 54.4 Å². The summed E-state index contributed by atoms with van der Waals surface area (Å²) in [5.74, 6) is 0.422. The van der Waals surface area contributed by atoms with Crippen LogP contribution in [-0.4, -0.2) is 47.0 Å². The van der Waals surface area contributed by atoms with Gasteiger partial charge in [0.1, 0.15) is 6.04 Å². The summed E-state index contributed by atoms with van der Waals surface area (Å²) in [5.41, 5.74) is 4.09. The first-order valence-corrected chi connectivity index (χ1v) is 10.5. The first-order chi connectivity index (χ1) is 14.3. The lowest BCUT2D eigenvalue weighted by Gasteiger charge is -2.33. The Morgan fingerprint density at radius 3 is 2.37 bits per heavy atom. The third-order valence-electron chi connectivity index (χ3n) is 5.31. The van der Waals surface area contributed by atoms with Gasteiger partial charge in [-0.25, -0.2) is 9.97 Å². The maximum absolute atomic E-state index is 12.9. The molecule has 0 spiro atoms. The van der Waals surface area contributed by atoms with E-state index in [-0.39, 0.29) is 17.9 Å². The van der Waals surface area contributed by atoms with Crippen molar-refractivity contribution in [3.63, 3.8) is 0 Å². The second-order valence-electron chi connectivity index (χ2n) is 8.17. The van der Waals surface area contributed by atoms with E-state index in [1.165, 1.54) is 6.92 Å². The fourth-order valence-corrected chi connectivity index (χ4v) is 3.90. The van der Waals surface area contributed by atoms with Gasteiger partial charge < -0.3 is 15.5 Å². The number of amides is 2. The molecule has 2 N–H and O–H groups in total. The SMILES string of the molecule is CC(=O)NC(Cc1cccc(C)c1)C(=O)NC1CCN(c2nc(C)cc(C)n2)CC1. The van der Waals surface area contributed by atoms with Gasteiger partial charge in [0.2, 0.25) is 17.8 Å². The number of rotatable bonds is 6. The molecule has 1 aliphatic rings. The highest BCUT2D eigenvalue weighted by Gasteiger charge is 2.26. The third-order valence-corrected chi connectivity index (χ3v) is 5.31. The maximum Gasteiger partial charge on any atom is 0.243 e. The fraction of sp³-hybridized carbons (Fsp3) is 0.478. The molecule has 0 saturated carbocycles. The molecule has 160 valence electrons. The number of nitrogens with one attached hydrogen (secondary N) is 2. The third kappa shape index (κ3) is 6.02. The van der Waals surface area contributed by atoms with Gasteiger partial charge >= 0.3 is 0 Å². The molecule has 1 atom stereocenters. The number of benzene rings is 1. The Morgan fingerprint density at radius 1 is 1.10 bits per heavy atom. The van der Waals surface area contributed by atoms with E-state index in [1.54, 1.807) is 0 Å². The zero-order chi connectivity index (χ0) is 21.7. The number of anilines is 1. The second-order valence-corrected chi connectivity index (χ2v) is 8.17. The molecule has 0 radical (unpaired) electrons. The zero-order valence-electron chi connectivity index (χ0n) is 18.2. The van der Waals surface area contributed by atoms with Crippen molar-refractivity contribution >= 4 is 17.8 Å². The summed E-state index contributed by atoms with van der Waals surface area (Å²) in [6, 6.07) is 9.48. The molecule has 3 rings (SSSR count). The van der Waals surface area contributed by atoms with Crippen molar-refractivity contribution in [2.24, 2.45) is 0 Å². The number of hydrogen-bond acceptors (Lipinski definition) is 5. The lowest BCUT2D eigenvalue weighted by molar-refractivity contribution is -0.128. The number of hydrogen-bond donors (Lipinski definition) is 2. The van der Waals surface area contributed by atoms with Crippen LogP contribution >= 0.6 is 0 Å². The average molecular weight is 410 g/mol. The van der Waals surface area contributed by atoms with Crippen molar-refractivity contribution in [2.75, 3.05) is 18.0 Å². The van der Waals surface area contributed by atoms with Crippen LogP contribution in [0.2, 0.25) is 0 Å². The highest BCUT2D eigenvalue weighted by molar-refractivity contribution is 5.87. The van der Waals surface area contributed by atoms with Crippen molar-refractivity contribution in [3.05, 3.63) is 52.8 Å². The smallest absolute Gasteiger partial charge is 0.243 e. The summed E-state index contributed by atoms with van der Waals surface area (Å²) >= 11 is 0. The number of piperidine rings is 1. The standard InChI is InChI=1S/C23H31N5O2/c1-15-6-5-7-19(12-15)14-21(26-18(4)29)22(30)27-20-8-10-28(11-9-20)23-24-16(2)13-17(3)25-23/h5-7,12-13,20-21H,8-11,14H2,1-4H3,(H,26,29)(H,27,30). The van der Waals surface area contributed by atoms with E-state index in [4.69, 9.17) is 0 Å². The summed E-state index contributed by atoms with van der Waals surface area (Å²) in [7, 11) is 0. The van der Waals surface area contributed by atoms with Crippen LogP contribution in [0.4, 0.5) is 5.95 Å². The molecule has 1 unspecified atom stereocenters. The van der Waals surface area contributed by atoms with Gasteiger partial charge in [-0.3, -0.25) is 9.59 Å². The van der Waals surface area contributed by atoms with E-state index < -0.39 is 6.04 Å². The lowest BCUT2D eigenvalue weighted by atomic mass is 10.0. The Balaban J connectivity index is 1.58. The first kappa shape index (κ1) is 21.7. The molecule has 1 aromatic carbocycles. The molecule has 1 aliphatic heterocycles. The minimum absolute atomic E-state index is 0.0772. The van der Waals surface area contributed by atoms with Crippen LogP contribution in [0.15, 0.2) is 30.3 Å². The van der Waals surface area contributed by atoms with Crippen molar-refractivity contribution in [1.82, 2.24) is 20.6 Å². The largest absolute Gasteiger partial charge is 0.351 e. The predicted molar refractivity (Wildman–Crippen MR) is 117 cm³/mol. The van der Waals surface area contributed by atoms with E-state index >= 15 is 0 Å². The molecular weight excluding hydrogens is 378 g/mol. The van der Waals surface area contributed by atoms with Crippen molar-refractivity contribution in [3.8, 4) is 0 Å². The van der Waals surface area contributed by atoms with E-state index in [0.29, 0.717) is 6.42 Å². The molecule has 7 nitrogen and oxygen atoms in total. The van der Waals surface area contributed by atoms with Gasteiger partial charge in [0.25, 0.3) is 0 Å². The molecule has 2 amide bonds. The summed E-state index contributed by atoms with van der Waals surface area (Å²) in [6.07, 6.45) is 2.11. The van der Waals surface area contributed by atoms with Gasteiger partial charge in [-0.05, 0) is 45.2 Å². The number of carbonyl (C=O) groups is 2. The number of carbonyl (C=O) groups excluding carboxylic acids is 2. The van der Waals surface area contributed by atoms with Crippen LogP contribution in [0.3, 0.4) is 0 Å². The molecule has 1 saturated heterocycles. The highest BCUT2D eigenvalue weighted by Crippen LogP contribution is 2.17. The Morgan fingerprint density at radius 2 is 1.77 bits per heavy atom. The molecule has 2 heterocycles. The highest BCUT2D eigenvalue weighted by atomic mass is 16.2. The first-order valence-electron chi connectivity index (χ1n) is 10.5. The Kier molecular flexibility index (Phi) is 7.03. The van der Waals surface area contributed by atoms with Gasteiger partial charge in [0, 0.05) is 43.9 Å². The lowest BCUT2D eigenvalue weighted by Crippen LogP contribution is -2.52. The van der Waals surface area contributed by atoms with Crippen molar-refractivity contribution < 1.29 is 9.59 Å². The van der Waals surface area contributed by atoms with Crippen LogP contribution in [0, 0.1) is 20.8 Å². The molecule has 30 heavy (non-hydrogen) atoms. The number of aromatic nitrogens is 2. The van der Waals surface area contributed by atoms with Gasteiger partial charge in [-0.1, -0.05) is 29.8 Å². The number of aryl methyl sites for hydroxylation is 3. The van der Waals surface area contributed by atoms with E-state index in [2.05, 4.69) is 25.5 Å². The molecule has 2 aromatic rings. The zero-order valence-corrected chi connectivity index (χ0v) is 18.2. The number of nitrogens with zero attached hydrogens (tertiary/aromatic N) is 3. The summed E-state index contributed by atoms with van der Waals surface area (Å²) in [5, 5.41) is 5.94. The topological polar surface area (TPSA) is 87.2 Å². The summed E-state index contributed by atoms with van der Waals surface area (Å²) in [6.45, 7) is 8.99. The van der Waals surface area contributed by atoms with Gasteiger partial charge in [0.15, 0.2) is 0 Å². The molecule has 0 aliphatic carbocycles. The van der Waals surface area contributed by atoms with Crippen molar-refractivity contribution in [2.45, 2.75) is 59.0 Å². The van der Waals surface area contributed by atoms with Gasteiger partial charge in [-0.15, -0.1) is 0 Å². The van der Waals surface area contributed by atoms with Gasteiger partial charge in [0.05, 0.1) is 0 Å². The molecule has 1 aromatic heterocycles. The second kappa shape index (κ2) is 9.69. The van der Waals surface area contributed by atoms with E-state index in [1.807, 2.05) is 51.1 Å². The van der Waals surface area contributed by atoms with Crippen LogP contribution in [0.1, 0.15) is 42.3 Å². The Labute approximate surface area is 178 Å². The van der Waals surface area contributed by atoms with Crippen LogP contribution < -0.4 is 15.5 Å². The maximum atomic E-state index is 12.9. The van der Waals surface area contributed by atoms with Gasteiger partial charge in [-0.2, -0.15) is 0 Å². The quantitative estimate of drug-likeness (QED) is 0.764. The minimum Gasteiger partial charge on any atom is -0.351 e. The van der Waals surface area contributed by atoms with Crippen LogP contribution in [0.5, 0.6) is 0 Å². The van der Waals surface area contributed by atoms with Crippen LogP contribution in [0.25, 0.3) is 0 Å². The minimum atomic E-state index is -0.579. The molecular formula is C23H31N5O2. The fourth-order valence-electron chi connectivity index (χ4n) is 3.90. The Hall–Kier alpha value is -2.96. The molecule has 0 bridgehead atoms.